The molecule has 0 fully saturated rings. The Labute approximate surface area is 179 Å². The van der Waals surface area contributed by atoms with Gasteiger partial charge >= 0.3 is 5.69 Å². The summed E-state index contributed by atoms with van der Waals surface area (Å²) in [6.07, 6.45) is 1.73. The van der Waals surface area contributed by atoms with Gasteiger partial charge in [0.25, 0.3) is 0 Å². The largest absolute Gasteiger partial charge is 0.354 e. The third kappa shape index (κ3) is 4.71. The maximum atomic E-state index is 13.3. The minimum Gasteiger partial charge on any atom is -0.354 e. The summed E-state index contributed by atoms with van der Waals surface area (Å²) in [4.78, 5) is 29.7. The van der Waals surface area contributed by atoms with Gasteiger partial charge in [0.1, 0.15) is 5.82 Å². The molecular formula is C24H23FN4O2. The molecule has 0 atom stereocenters. The molecule has 0 aliphatic rings. The van der Waals surface area contributed by atoms with Crippen LogP contribution in [0.15, 0.2) is 71.7 Å². The van der Waals surface area contributed by atoms with Crippen molar-refractivity contribution in [3.05, 3.63) is 99.9 Å². The minimum absolute atomic E-state index is 0.0834. The van der Waals surface area contributed by atoms with Gasteiger partial charge in [-0.05, 0) is 42.3 Å². The van der Waals surface area contributed by atoms with Crippen LogP contribution in [-0.4, -0.2) is 26.6 Å². The number of carbonyl (C=O) groups is 1. The minimum atomic E-state index is -0.371. The van der Waals surface area contributed by atoms with Crippen LogP contribution in [0, 0.1) is 12.7 Å². The summed E-state index contributed by atoms with van der Waals surface area (Å²) in [5, 5.41) is 2.80. The summed E-state index contributed by atoms with van der Waals surface area (Å²) in [5.41, 5.74) is 3.95. The van der Waals surface area contributed by atoms with Crippen LogP contribution in [0.3, 0.4) is 0 Å². The van der Waals surface area contributed by atoms with E-state index in [-0.39, 0.29) is 30.4 Å². The fourth-order valence-electron chi connectivity index (χ4n) is 3.58. The van der Waals surface area contributed by atoms with Crippen molar-refractivity contribution in [3.63, 3.8) is 0 Å². The quantitative estimate of drug-likeness (QED) is 0.502. The summed E-state index contributed by atoms with van der Waals surface area (Å²) in [6.45, 7) is 3.03. The first-order valence-corrected chi connectivity index (χ1v) is 10.1. The lowest BCUT2D eigenvalue weighted by Gasteiger charge is -2.06. The fourth-order valence-corrected chi connectivity index (χ4v) is 3.58. The van der Waals surface area contributed by atoms with E-state index in [1.807, 2.05) is 37.3 Å². The third-order valence-electron chi connectivity index (χ3n) is 5.15. The standard InChI is InChI=1S/C24H23FN4O2/c1-17-7-9-18(10-8-17)16-29-21-6-3-11-27-23(21)28(24(29)31)13-12-26-22(30)15-19-4-2-5-20(25)14-19/h2-11,14H,12-13,15-16H2,1H3,(H,26,30). The Hall–Kier alpha value is -3.74. The molecule has 0 spiro atoms. The predicted octanol–water partition coefficient (Wildman–Crippen LogP) is 3.05. The van der Waals surface area contributed by atoms with Gasteiger partial charge in [0.05, 0.1) is 18.5 Å². The molecular weight excluding hydrogens is 395 g/mol. The highest BCUT2D eigenvalue weighted by molar-refractivity contribution is 5.78. The van der Waals surface area contributed by atoms with Crippen molar-refractivity contribution >= 4 is 17.1 Å². The number of imidazole rings is 1. The SMILES string of the molecule is Cc1ccc(Cn2c(=O)n(CCNC(=O)Cc3cccc(F)c3)c3ncccc32)cc1. The van der Waals surface area contributed by atoms with Crippen molar-refractivity contribution in [1.29, 1.82) is 0 Å². The number of benzene rings is 2. The van der Waals surface area contributed by atoms with Crippen LogP contribution in [0.5, 0.6) is 0 Å². The zero-order valence-electron chi connectivity index (χ0n) is 17.2. The van der Waals surface area contributed by atoms with E-state index in [0.29, 0.717) is 24.3 Å². The van der Waals surface area contributed by atoms with Crippen molar-refractivity contribution < 1.29 is 9.18 Å². The monoisotopic (exact) mass is 418 g/mol. The molecule has 0 bridgehead atoms. The zero-order chi connectivity index (χ0) is 21.8. The predicted molar refractivity (Wildman–Crippen MR) is 117 cm³/mol. The van der Waals surface area contributed by atoms with Crippen LogP contribution < -0.4 is 11.0 Å². The van der Waals surface area contributed by atoms with E-state index >= 15 is 0 Å². The Bertz CT molecular complexity index is 1270. The number of rotatable bonds is 7. The number of aryl methyl sites for hydroxylation is 1. The van der Waals surface area contributed by atoms with E-state index in [4.69, 9.17) is 0 Å². The number of carbonyl (C=O) groups excluding carboxylic acids is 1. The first kappa shape index (κ1) is 20.5. The van der Waals surface area contributed by atoms with Crippen LogP contribution in [0.1, 0.15) is 16.7 Å². The number of aromatic nitrogens is 3. The van der Waals surface area contributed by atoms with Crippen LogP contribution >= 0.6 is 0 Å². The van der Waals surface area contributed by atoms with Gasteiger partial charge in [0.15, 0.2) is 5.65 Å². The van der Waals surface area contributed by atoms with Gasteiger partial charge < -0.3 is 5.32 Å². The van der Waals surface area contributed by atoms with Gasteiger partial charge in [0.2, 0.25) is 5.91 Å². The molecule has 2 aromatic heterocycles. The summed E-state index contributed by atoms with van der Waals surface area (Å²) in [7, 11) is 0. The molecule has 7 heteroatoms. The first-order chi connectivity index (χ1) is 15.0. The van der Waals surface area contributed by atoms with Gasteiger partial charge in [-0.3, -0.25) is 13.9 Å². The van der Waals surface area contributed by atoms with Crippen molar-refractivity contribution in [1.82, 2.24) is 19.4 Å². The van der Waals surface area contributed by atoms with Gasteiger partial charge in [-0.15, -0.1) is 0 Å². The van der Waals surface area contributed by atoms with Crippen molar-refractivity contribution in [3.8, 4) is 0 Å². The molecule has 0 aliphatic carbocycles. The zero-order valence-corrected chi connectivity index (χ0v) is 17.2. The van der Waals surface area contributed by atoms with Gasteiger partial charge in [-0.2, -0.15) is 0 Å². The van der Waals surface area contributed by atoms with E-state index in [1.165, 1.54) is 12.1 Å². The highest BCUT2D eigenvalue weighted by Crippen LogP contribution is 2.13. The normalized spacial score (nSPS) is 11.0. The molecule has 1 N–H and O–H groups in total. The van der Waals surface area contributed by atoms with Crippen LogP contribution in [0.4, 0.5) is 4.39 Å². The van der Waals surface area contributed by atoms with E-state index in [9.17, 15) is 14.0 Å². The van der Waals surface area contributed by atoms with Crippen molar-refractivity contribution in [2.75, 3.05) is 6.54 Å². The molecule has 0 aliphatic heterocycles. The summed E-state index contributed by atoms with van der Waals surface area (Å²) in [6, 6.07) is 17.7. The highest BCUT2D eigenvalue weighted by atomic mass is 19.1. The summed E-state index contributed by atoms with van der Waals surface area (Å²) >= 11 is 0. The lowest BCUT2D eigenvalue weighted by molar-refractivity contribution is -0.120. The lowest BCUT2D eigenvalue weighted by atomic mass is 10.1. The van der Waals surface area contributed by atoms with Crippen LogP contribution in [-0.2, 0) is 24.3 Å². The van der Waals surface area contributed by atoms with Gasteiger partial charge in [-0.1, -0.05) is 42.0 Å². The molecule has 4 aromatic rings. The second-order valence-corrected chi connectivity index (χ2v) is 7.51. The third-order valence-corrected chi connectivity index (χ3v) is 5.15. The Morgan fingerprint density at radius 2 is 1.84 bits per heavy atom. The van der Waals surface area contributed by atoms with E-state index in [1.54, 1.807) is 33.5 Å². The van der Waals surface area contributed by atoms with Crippen molar-refractivity contribution in [2.45, 2.75) is 26.4 Å². The average Bonchev–Trinajstić information content (AvgIpc) is 3.01. The fraction of sp³-hybridized carbons (Fsp3) is 0.208. The molecule has 2 aromatic carbocycles. The number of hydrogen-bond acceptors (Lipinski definition) is 3. The Balaban J connectivity index is 1.49. The number of amides is 1. The van der Waals surface area contributed by atoms with E-state index < -0.39 is 0 Å². The highest BCUT2D eigenvalue weighted by Gasteiger charge is 2.14. The Kier molecular flexibility index (Phi) is 5.93. The lowest BCUT2D eigenvalue weighted by Crippen LogP contribution is -2.32. The Morgan fingerprint density at radius 3 is 2.61 bits per heavy atom. The number of nitrogens with one attached hydrogen (secondary N) is 1. The summed E-state index contributed by atoms with van der Waals surface area (Å²) < 4.78 is 16.6. The van der Waals surface area contributed by atoms with Crippen LogP contribution in [0.2, 0.25) is 0 Å². The average molecular weight is 418 g/mol. The molecule has 0 unspecified atom stereocenters. The van der Waals surface area contributed by atoms with Crippen LogP contribution in [0.25, 0.3) is 11.2 Å². The second kappa shape index (κ2) is 8.95. The number of halogens is 1. The molecule has 0 saturated heterocycles. The van der Waals surface area contributed by atoms with Gasteiger partial charge in [0, 0.05) is 19.3 Å². The number of nitrogens with zero attached hydrogens (tertiary/aromatic N) is 3. The second-order valence-electron chi connectivity index (χ2n) is 7.51. The van der Waals surface area contributed by atoms with E-state index in [2.05, 4.69) is 10.3 Å². The smallest absolute Gasteiger partial charge is 0.330 e. The molecule has 2 heterocycles. The Morgan fingerprint density at radius 1 is 1.03 bits per heavy atom. The molecule has 6 nitrogen and oxygen atoms in total. The number of hydrogen-bond donors (Lipinski definition) is 1. The maximum Gasteiger partial charge on any atom is 0.330 e. The first-order valence-electron chi connectivity index (χ1n) is 10.1. The summed E-state index contributed by atoms with van der Waals surface area (Å²) in [5.74, 6) is -0.598. The molecule has 1 amide bonds. The number of pyridine rings is 1. The van der Waals surface area contributed by atoms with Crippen molar-refractivity contribution in [2.24, 2.45) is 0 Å². The van der Waals surface area contributed by atoms with E-state index in [0.717, 1.165) is 16.6 Å². The molecule has 31 heavy (non-hydrogen) atoms. The molecule has 0 radical (unpaired) electrons. The van der Waals surface area contributed by atoms with Gasteiger partial charge in [-0.25, -0.2) is 14.2 Å². The topological polar surface area (TPSA) is 68.9 Å². The molecule has 4 rings (SSSR count). The molecule has 158 valence electrons. The number of fused-ring (bicyclic) bond motifs is 1. The maximum absolute atomic E-state index is 13.3. The molecule has 0 saturated carbocycles.